The molecule has 3 heterocycles. The number of anilines is 1. The molecule has 4 rings (SSSR count). The van der Waals surface area contributed by atoms with Crippen molar-refractivity contribution in [1.82, 2.24) is 20.3 Å². The average molecular weight is 425 g/mol. The van der Waals surface area contributed by atoms with E-state index in [1.807, 2.05) is 0 Å². The second kappa shape index (κ2) is 8.05. The molecule has 0 bridgehead atoms. The Kier molecular flexibility index (Phi) is 5.28. The summed E-state index contributed by atoms with van der Waals surface area (Å²) in [6, 6.07) is 5.69. The van der Waals surface area contributed by atoms with Gasteiger partial charge in [-0.1, -0.05) is 0 Å². The Morgan fingerprint density at radius 1 is 1.23 bits per heavy atom. The number of hydrogen-bond acceptors (Lipinski definition) is 6. The lowest BCUT2D eigenvalue weighted by Crippen LogP contribution is -2.49. The number of nitrogens with one attached hydrogen (secondary N) is 1. The Morgan fingerprint density at radius 3 is 2.81 bits per heavy atom. The first-order chi connectivity index (χ1) is 14.8. The van der Waals surface area contributed by atoms with Gasteiger partial charge < -0.3 is 10.1 Å². The molecule has 2 aromatic heterocycles. The van der Waals surface area contributed by atoms with Gasteiger partial charge >= 0.3 is 0 Å². The van der Waals surface area contributed by atoms with Gasteiger partial charge in [-0.3, -0.25) is 14.5 Å². The molecule has 0 fully saturated rings. The molecule has 10 heteroatoms. The van der Waals surface area contributed by atoms with Crippen molar-refractivity contribution >= 4 is 17.6 Å². The molecule has 31 heavy (non-hydrogen) atoms. The lowest BCUT2D eigenvalue weighted by atomic mass is 10.1. The minimum absolute atomic E-state index is 0.102. The van der Waals surface area contributed by atoms with Gasteiger partial charge in [-0.25, -0.2) is 23.7 Å². The van der Waals surface area contributed by atoms with Gasteiger partial charge in [0.1, 0.15) is 12.6 Å². The Labute approximate surface area is 175 Å². The van der Waals surface area contributed by atoms with Crippen LogP contribution in [0.3, 0.4) is 0 Å². The van der Waals surface area contributed by atoms with Crippen LogP contribution in [0, 0.1) is 18.6 Å². The van der Waals surface area contributed by atoms with Crippen molar-refractivity contribution in [2.75, 3.05) is 18.6 Å². The predicted molar refractivity (Wildman–Crippen MR) is 107 cm³/mol. The quantitative estimate of drug-likeness (QED) is 0.692. The summed E-state index contributed by atoms with van der Waals surface area (Å²) in [5, 5.41) is 2.57. The third-order valence-corrected chi connectivity index (χ3v) is 4.78. The van der Waals surface area contributed by atoms with Crippen LogP contribution in [0.4, 0.5) is 14.6 Å². The largest absolute Gasteiger partial charge is 0.487 e. The number of hydrogen-bond donors (Lipinski definition) is 1. The Balaban J connectivity index is 1.58. The van der Waals surface area contributed by atoms with Gasteiger partial charge in [0.2, 0.25) is 5.82 Å². The topological polar surface area (TPSA) is 97.3 Å². The van der Waals surface area contributed by atoms with E-state index in [1.165, 1.54) is 30.4 Å². The van der Waals surface area contributed by atoms with Gasteiger partial charge in [0.25, 0.3) is 11.8 Å². The molecule has 0 radical (unpaired) electrons. The van der Waals surface area contributed by atoms with Crippen molar-refractivity contribution in [1.29, 1.82) is 0 Å². The molecular formula is C21H17F2N5O3. The van der Waals surface area contributed by atoms with E-state index in [-0.39, 0.29) is 18.1 Å². The minimum Gasteiger partial charge on any atom is -0.487 e. The summed E-state index contributed by atoms with van der Waals surface area (Å²) in [5.74, 6) is -2.60. The molecule has 1 atom stereocenters. The fraction of sp³-hybridized carbons (Fsp3) is 0.190. The van der Waals surface area contributed by atoms with Crippen molar-refractivity contribution in [2.24, 2.45) is 0 Å². The van der Waals surface area contributed by atoms with E-state index in [9.17, 15) is 18.4 Å². The Hall–Kier alpha value is -3.95. The van der Waals surface area contributed by atoms with Gasteiger partial charge in [-0.15, -0.1) is 0 Å². The summed E-state index contributed by atoms with van der Waals surface area (Å²) in [6.45, 7) is 1.58. The number of carbonyl (C=O) groups is 2. The molecule has 0 unspecified atom stereocenters. The van der Waals surface area contributed by atoms with Crippen LogP contribution >= 0.6 is 0 Å². The first-order valence-corrected chi connectivity index (χ1v) is 9.30. The van der Waals surface area contributed by atoms with Gasteiger partial charge in [0.05, 0.1) is 5.69 Å². The van der Waals surface area contributed by atoms with E-state index in [0.29, 0.717) is 22.7 Å². The highest BCUT2D eigenvalue weighted by atomic mass is 19.2. The van der Waals surface area contributed by atoms with E-state index in [0.717, 1.165) is 12.1 Å². The van der Waals surface area contributed by atoms with E-state index in [2.05, 4.69) is 20.3 Å². The number of rotatable bonds is 3. The molecule has 1 aromatic carbocycles. The van der Waals surface area contributed by atoms with Crippen molar-refractivity contribution in [2.45, 2.75) is 13.0 Å². The second-order valence-electron chi connectivity index (χ2n) is 6.91. The standard InChI is InChI=1S/C21H17F2N5O3/c1-11-9-25-18(27-17(11)12-5-6-13(22)14(23)8-12)20(29)26-15-10-31-16-4-3-7-24-19(16)28(2)21(15)30/h3-9,15H,10H2,1-2H3,(H,26,29)/t15-/m0/s1. The van der Waals surface area contributed by atoms with Crippen molar-refractivity contribution < 1.29 is 23.1 Å². The zero-order valence-electron chi connectivity index (χ0n) is 16.6. The monoisotopic (exact) mass is 425 g/mol. The molecule has 0 aliphatic carbocycles. The van der Waals surface area contributed by atoms with Crippen LogP contribution in [-0.4, -0.2) is 46.5 Å². The number of ether oxygens (including phenoxy) is 1. The number of aryl methyl sites for hydroxylation is 1. The molecule has 0 saturated carbocycles. The third kappa shape index (κ3) is 3.91. The molecular weight excluding hydrogens is 408 g/mol. The van der Waals surface area contributed by atoms with Gasteiger partial charge in [0, 0.05) is 25.0 Å². The van der Waals surface area contributed by atoms with Crippen LogP contribution < -0.4 is 15.0 Å². The summed E-state index contributed by atoms with van der Waals surface area (Å²) in [5.41, 5.74) is 1.14. The van der Waals surface area contributed by atoms with E-state index in [4.69, 9.17) is 4.74 Å². The molecule has 0 saturated heterocycles. The minimum atomic E-state index is -1.03. The molecule has 0 spiro atoms. The van der Waals surface area contributed by atoms with Crippen molar-refractivity contribution in [3.05, 3.63) is 65.7 Å². The number of aromatic nitrogens is 3. The third-order valence-electron chi connectivity index (χ3n) is 4.78. The van der Waals surface area contributed by atoms with Crippen LogP contribution in [0.15, 0.2) is 42.7 Å². The zero-order chi connectivity index (χ0) is 22.1. The number of benzene rings is 1. The predicted octanol–water partition coefficient (Wildman–Crippen LogP) is 2.28. The van der Waals surface area contributed by atoms with E-state index >= 15 is 0 Å². The first-order valence-electron chi connectivity index (χ1n) is 9.30. The number of amides is 2. The summed E-state index contributed by atoms with van der Waals surface area (Å²) in [4.78, 5) is 39.2. The first kappa shape index (κ1) is 20.3. The second-order valence-corrected chi connectivity index (χ2v) is 6.91. The lowest BCUT2D eigenvalue weighted by Gasteiger charge is -2.19. The van der Waals surface area contributed by atoms with Gasteiger partial charge in [-0.05, 0) is 42.8 Å². The molecule has 3 aromatic rings. The van der Waals surface area contributed by atoms with Gasteiger partial charge in [0.15, 0.2) is 23.2 Å². The molecule has 1 aliphatic heterocycles. The van der Waals surface area contributed by atoms with E-state index < -0.39 is 29.5 Å². The normalized spacial score (nSPS) is 15.7. The number of halogens is 2. The summed E-state index contributed by atoms with van der Waals surface area (Å²) >= 11 is 0. The molecule has 8 nitrogen and oxygen atoms in total. The fourth-order valence-corrected chi connectivity index (χ4v) is 3.14. The van der Waals surface area contributed by atoms with Gasteiger partial charge in [-0.2, -0.15) is 0 Å². The molecule has 1 N–H and O–H groups in total. The smallest absolute Gasteiger partial charge is 0.289 e. The maximum absolute atomic E-state index is 13.6. The summed E-state index contributed by atoms with van der Waals surface area (Å²) in [6.07, 6.45) is 2.93. The Bertz CT molecular complexity index is 1190. The van der Waals surface area contributed by atoms with Crippen LogP contribution in [-0.2, 0) is 4.79 Å². The maximum atomic E-state index is 13.6. The molecule has 2 amide bonds. The SMILES string of the molecule is Cc1cnc(C(=O)N[C@H]2COc3cccnc3N(C)C2=O)nc1-c1ccc(F)c(F)c1. The molecule has 1 aliphatic rings. The Morgan fingerprint density at radius 2 is 2.03 bits per heavy atom. The lowest BCUT2D eigenvalue weighted by molar-refractivity contribution is -0.120. The average Bonchev–Trinajstić information content (AvgIpc) is 2.88. The number of fused-ring (bicyclic) bond motifs is 1. The zero-order valence-corrected chi connectivity index (χ0v) is 16.6. The van der Waals surface area contributed by atoms with Crippen molar-refractivity contribution in [3.8, 4) is 17.0 Å². The highest BCUT2D eigenvalue weighted by molar-refractivity contribution is 6.01. The van der Waals surface area contributed by atoms with Crippen LogP contribution in [0.5, 0.6) is 5.75 Å². The number of pyridine rings is 1. The number of likely N-dealkylation sites (N-methyl/N-ethyl adjacent to an activating group) is 1. The van der Waals surface area contributed by atoms with E-state index in [1.54, 1.807) is 19.1 Å². The maximum Gasteiger partial charge on any atom is 0.289 e. The highest BCUT2D eigenvalue weighted by Gasteiger charge is 2.32. The summed E-state index contributed by atoms with van der Waals surface area (Å²) < 4.78 is 32.5. The van der Waals surface area contributed by atoms with Crippen LogP contribution in [0.1, 0.15) is 16.2 Å². The summed E-state index contributed by atoms with van der Waals surface area (Å²) in [7, 11) is 1.53. The highest BCUT2D eigenvalue weighted by Crippen LogP contribution is 2.27. The molecule has 158 valence electrons. The van der Waals surface area contributed by atoms with Crippen LogP contribution in [0.25, 0.3) is 11.3 Å². The fourth-order valence-electron chi connectivity index (χ4n) is 3.14. The number of nitrogens with zero attached hydrogens (tertiary/aromatic N) is 4. The van der Waals surface area contributed by atoms with Crippen LogP contribution in [0.2, 0.25) is 0 Å². The van der Waals surface area contributed by atoms with Crippen molar-refractivity contribution in [3.63, 3.8) is 0 Å². The number of carbonyl (C=O) groups excluding carboxylic acids is 2.